The van der Waals surface area contributed by atoms with Crippen molar-refractivity contribution in [1.82, 2.24) is 14.5 Å². The van der Waals surface area contributed by atoms with Crippen molar-refractivity contribution in [3.8, 4) is 5.69 Å². The van der Waals surface area contributed by atoms with Gasteiger partial charge in [-0.2, -0.15) is 18.2 Å². The van der Waals surface area contributed by atoms with Gasteiger partial charge in [-0.05, 0) is 30.7 Å². The maximum absolute atomic E-state index is 14.1. The zero-order chi connectivity index (χ0) is 17.5. The molecule has 4 nitrogen and oxygen atoms in total. The first-order chi connectivity index (χ1) is 11.3. The second kappa shape index (κ2) is 5.70. The van der Waals surface area contributed by atoms with Crippen LogP contribution < -0.4 is 5.69 Å². The summed E-state index contributed by atoms with van der Waals surface area (Å²) in [5, 5.41) is 0.272. The molecule has 1 aromatic carbocycles. The first kappa shape index (κ1) is 16.1. The number of aromatic nitrogens is 3. The minimum Gasteiger partial charge on any atom is -0.245 e. The van der Waals surface area contributed by atoms with E-state index < -0.39 is 23.4 Å². The van der Waals surface area contributed by atoms with Crippen molar-refractivity contribution in [2.24, 2.45) is 0 Å². The number of halogens is 4. The summed E-state index contributed by atoms with van der Waals surface area (Å²) < 4.78 is 53.7. The summed E-state index contributed by atoms with van der Waals surface area (Å²) in [6, 6.07) is 7.29. The van der Waals surface area contributed by atoms with Crippen LogP contribution >= 0.6 is 0 Å². The average Bonchev–Trinajstić information content (AvgIpc) is 2.54. The van der Waals surface area contributed by atoms with Crippen LogP contribution in [0, 0.1) is 5.82 Å². The second-order valence-corrected chi connectivity index (χ2v) is 5.05. The number of hydrogen-bond acceptors (Lipinski definition) is 3. The molecule has 0 fully saturated rings. The third-order valence-electron chi connectivity index (χ3n) is 3.54. The topological polar surface area (TPSA) is 47.8 Å². The summed E-state index contributed by atoms with van der Waals surface area (Å²) in [5.74, 6) is -0.758. The van der Waals surface area contributed by atoms with E-state index in [9.17, 15) is 22.4 Å². The zero-order valence-corrected chi connectivity index (χ0v) is 12.4. The van der Waals surface area contributed by atoms with Gasteiger partial charge in [0.15, 0.2) is 5.65 Å². The van der Waals surface area contributed by atoms with Gasteiger partial charge in [0.2, 0.25) is 0 Å². The molecule has 0 unspecified atom stereocenters. The molecule has 2 heterocycles. The lowest BCUT2D eigenvalue weighted by Gasteiger charge is -2.14. The molecule has 3 rings (SSSR count). The Balaban J connectivity index is 2.46. The molecule has 0 N–H and O–H groups in total. The van der Waals surface area contributed by atoms with Crippen molar-refractivity contribution in [2.45, 2.75) is 19.5 Å². The van der Waals surface area contributed by atoms with Crippen molar-refractivity contribution < 1.29 is 17.6 Å². The first-order valence-corrected chi connectivity index (χ1v) is 7.07. The van der Waals surface area contributed by atoms with Gasteiger partial charge >= 0.3 is 11.9 Å². The lowest BCUT2D eigenvalue weighted by molar-refractivity contribution is -0.141. The van der Waals surface area contributed by atoms with Gasteiger partial charge in [0, 0.05) is 5.39 Å². The highest BCUT2D eigenvalue weighted by atomic mass is 19.4. The summed E-state index contributed by atoms with van der Waals surface area (Å²) in [7, 11) is 0. The Bertz CT molecular complexity index is 979. The molecule has 0 radical (unpaired) electrons. The molecule has 0 aliphatic rings. The van der Waals surface area contributed by atoms with E-state index in [1.807, 2.05) is 0 Å². The van der Waals surface area contributed by atoms with Gasteiger partial charge in [0.1, 0.15) is 11.5 Å². The van der Waals surface area contributed by atoms with Crippen LogP contribution in [0.4, 0.5) is 17.6 Å². The molecule has 0 bridgehead atoms. The molecule has 0 aliphatic heterocycles. The molecular weight excluding hydrogens is 326 g/mol. The number of rotatable bonds is 2. The molecule has 0 amide bonds. The highest BCUT2D eigenvalue weighted by Crippen LogP contribution is 2.30. The predicted octanol–water partition coefficient (Wildman–Crippen LogP) is 3.50. The fourth-order valence-corrected chi connectivity index (χ4v) is 2.44. The lowest BCUT2D eigenvalue weighted by Crippen LogP contribution is -2.25. The zero-order valence-electron chi connectivity index (χ0n) is 12.4. The van der Waals surface area contributed by atoms with Gasteiger partial charge in [0.25, 0.3) is 0 Å². The van der Waals surface area contributed by atoms with Crippen molar-refractivity contribution in [2.75, 3.05) is 0 Å². The summed E-state index contributed by atoms with van der Waals surface area (Å²) in [4.78, 5) is 19.7. The molecule has 124 valence electrons. The second-order valence-electron chi connectivity index (χ2n) is 5.05. The Morgan fingerprint density at radius 1 is 1.08 bits per heavy atom. The quantitative estimate of drug-likeness (QED) is 0.673. The van der Waals surface area contributed by atoms with E-state index in [2.05, 4.69) is 9.97 Å². The predicted molar refractivity (Wildman–Crippen MR) is 79.5 cm³/mol. The number of fused-ring (bicyclic) bond motifs is 1. The van der Waals surface area contributed by atoms with Gasteiger partial charge in [-0.1, -0.05) is 19.1 Å². The Morgan fingerprint density at radius 2 is 1.79 bits per heavy atom. The van der Waals surface area contributed by atoms with Crippen molar-refractivity contribution in [3.05, 3.63) is 64.1 Å². The van der Waals surface area contributed by atoms with Gasteiger partial charge in [-0.3, -0.25) is 0 Å². The van der Waals surface area contributed by atoms with E-state index in [-0.39, 0.29) is 16.7 Å². The molecular formula is C16H11F4N3O. The first-order valence-electron chi connectivity index (χ1n) is 7.07. The van der Waals surface area contributed by atoms with Gasteiger partial charge in [-0.25, -0.2) is 18.7 Å². The smallest absolute Gasteiger partial charge is 0.245 e. The van der Waals surface area contributed by atoms with E-state index in [1.54, 1.807) is 6.92 Å². The Hall–Kier alpha value is -2.77. The molecule has 0 aliphatic carbocycles. The maximum Gasteiger partial charge on any atom is 0.433 e. The SMILES string of the molecule is CCc1nc(=O)n(-c2ccccc2F)c2nc(C(F)(F)F)ccc12. The summed E-state index contributed by atoms with van der Waals surface area (Å²) in [5.41, 5.74) is -2.20. The number of benzene rings is 1. The minimum atomic E-state index is -4.68. The van der Waals surface area contributed by atoms with Crippen LogP contribution in [0.25, 0.3) is 16.7 Å². The number of hydrogen-bond donors (Lipinski definition) is 0. The van der Waals surface area contributed by atoms with Gasteiger partial charge < -0.3 is 0 Å². The monoisotopic (exact) mass is 337 g/mol. The number of para-hydroxylation sites is 1. The van der Waals surface area contributed by atoms with E-state index in [1.165, 1.54) is 24.3 Å². The molecule has 0 saturated heterocycles. The molecule has 3 aromatic rings. The van der Waals surface area contributed by atoms with Crippen LogP contribution in [-0.2, 0) is 12.6 Å². The van der Waals surface area contributed by atoms with Crippen LogP contribution in [0.3, 0.4) is 0 Å². The maximum atomic E-state index is 14.1. The van der Waals surface area contributed by atoms with Crippen LogP contribution in [-0.4, -0.2) is 14.5 Å². The van der Waals surface area contributed by atoms with Crippen LogP contribution in [0.2, 0.25) is 0 Å². The fraction of sp³-hybridized carbons (Fsp3) is 0.188. The lowest BCUT2D eigenvalue weighted by atomic mass is 10.2. The molecule has 24 heavy (non-hydrogen) atoms. The molecule has 8 heteroatoms. The van der Waals surface area contributed by atoms with Crippen molar-refractivity contribution in [1.29, 1.82) is 0 Å². The van der Waals surface area contributed by atoms with E-state index >= 15 is 0 Å². The third-order valence-corrected chi connectivity index (χ3v) is 3.54. The largest absolute Gasteiger partial charge is 0.433 e. The number of aryl methyl sites for hydroxylation is 1. The van der Waals surface area contributed by atoms with E-state index in [4.69, 9.17) is 0 Å². The van der Waals surface area contributed by atoms with Crippen LogP contribution in [0.15, 0.2) is 41.2 Å². The Morgan fingerprint density at radius 3 is 2.42 bits per heavy atom. The fourth-order valence-electron chi connectivity index (χ4n) is 2.44. The highest BCUT2D eigenvalue weighted by molar-refractivity contribution is 5.79. The number of nitrogens with zero attached hydrogens (tertiary/aromatic N) is 3. The summed E-state index contributed by atoms with van der Waals surface area (Å²) >= 11 is 0. The molecule has 0 saturated carbocycles. The van der Waals surface area contributed by atoms with Gasteiger partial charge in [0.05, 0.1) is 11.4 Å². The summed E-state index contributed by atoms with van der Waals surface area (Å²) in [6.07, 6.45) is -4.35. The number of alkyl halides is 3. The van der Waals surface area contributed by atoms with Crippen LogP contribution in [0.1, 0.15) is 18.3 Å². The Labute approximate surface area is 133 Å². The van der Waals surface area contributed by atoms with Crippen molar-refractivity contribution >= 4 is 11.0 Å². The van der Waals surface area contributed by atoms with Crippen molar-refractivity contribution in [3.63, 3.8) is 0 Å². The molecule has 2 aromatic heterocycles. The average molecular weight is 337 g/mol. The summed E-state index contributed by atoms with van der Waals surface area (Å²) in [6.45, 7) is 1.71. The highest BCUT2D eigenvalue weighted by Gasteiger charge is 2.33. The normalized spacial score (nSPS) is 11.9. The Kier molecular flexibility index (Phi) is 3.82. The van der Waals surface area contributed by atoms with E-state index in [0.717, 1.165) is 16.7 Å². The third kappa shape index (κ3) is 2.64. The van der Waals surface area contributed by atoms with Crippen LogP contribution in [0.5, 0.6) is 0 Å². The van der Waals surface area contributed by atoms with E-state index in [0.29, 0.717) is 12.1 Å². The van der Waals surface area contributed by atoms with Gasteiger partial charge in [-0.15, -0.1) is 0 Å². The standard InChI is InChI=1S/C16H11F4N3O/c1-2-11-9-7-8-13(16(18,19)20)22-14(9)23(15(24)21-11)12-6-4-3-5-10(12)17/h3-8H,2H2,1H3. The molecule has 0 atom stereocenters. The minimum absolute atomic E-state index is 0.200. The molecule has 0 spiro atoms. The number of pyridine rings is 1.